The Balaban J connectivity index is 3.32. The molecule has 128 valence electrons. The maximum absolute atomic E-state index is 9.19. The maximum atomic E-state index is 9.19. The van der Waals surface area contributed by atoms with Crippen LogP contribution in [0.4, 0.5) is 0 Å². The molecular formula is C17H25NO5. The van der Waals surface area contributed by atoms with Crippen LogP contribution in [0.5, 0.6) is 17.2 Å². The van der Waals surface area contributed by atoms with E-state index >= 15 is 0 Å². The molecule has 1 unspecified atom stereocenters. The first-order valence-corrected chi connectivity index (χ1v) is 7.56. The van der Waals surface area contributed by atoms with Crippen LogP contribution < -0.4 is 14.2 Å². The highest BCUT2D eigenvalue weighted by atomic mass is 16.7. The molecule has 0 bridgehead atoms. The van der Waals surface area contributed by atoms with Crippen molar-refractivity contribution >= 4 is 0 Å². The van der Waals surface area contributed by atoms with E-state index in [1.54, 1.807) is 21.3 Å². The van der Waals surface area contributed by atoms with Crippen LogP contribution >= 0.6 is 0 Å². The van der Waals surface area contributed by atoms with E-state index in [1.165, 1.54) is 0 Å². The summed E-state index contributed by atoms with van der Waals surface area (Å²) in [4.78, 5) is 0. The highest BCUT2D eigenvalue weighted by Gasteiger charge is 2.27. The Morgan fingerprint density at radius 1 is 0.957 bits per heavy atom. The van der Waals surface area contributed by atoms with Crippen molar-refractivity contribution in [2.75, 3.05) is 34.5 Å². The smallest absolute Gasteiger partial charge is 0.203 e. The third kappa shape index (κ3) is 4.75. The van der Waals surface area contributed by atoms with Crippen LogP contribution in [0, 0.1) is 11.3 Å². The lowest BCUT2D eigenvalue weighted by Gasteiger charge is -2.26. The predicted octanol–water partition coefficient (Wildman–Crippen LogP) is 3.11. The zero-order chi connectivity index (χ0) is 17.2. The van der Waals surface area contributed by atoms with Gasteiger partial charge >= 0.3 is 0 Å². The molecule has 0 spiro atoms. The van der Waals surface area contributed by atoms with Crippen molar-refractivity contribution < 1.29 is 23.7 Å². The van der Waals surface area contributed by atoms with Gasteiger partial charge in [-0.2, -0.15) is 5.26 Å². The first kappa shape index (κ1) is 19.1. The fraction of sp³-hybridized carbons (Fsp3) is 0.588. The summed E-state index contributed by atoms with van der Waals surface area (Å²) in [5.74, 6) is 1.33. The Kier molecular flexibility index (Phi) is 8.23. The molecule has 0 saturated heterocycles. The van der Waals surface area contributed by atoms with Gasteiger partial charge in [0.15, 0.2) is 17.8 Å². The molecule has 6 nitrogen and oxygen atoms in total. The van der Waals surface area contributed by atoms with Crippen molar-refractivity contribution in [3.05, 3.63) is 17.7 Å². The molecule has 0 N–H and O–H groups in total. The third-order valence-corrected chi connectivity index (χ3v) is 3.42. The average molecular weight is 323 g/mol. The van der Waals surface area contributed by atoms with E-state index in [4.69, 9.17) is 23.7 Å². The van der Waals surface area contributed by atoms with Gasteiger partial charge in [0.05, 0.1) is 27.4 Å². The van der Waals surface area contributed by atoms with Crippen LogP contribution in [0.25, 0.3) is 0 Å². The van der Waals surface area contributed by atoms with Gasteiger partial charge in [0, 0.05) is 25.6 Å². The largest absolute Gasteiger partial charge is 0.493 e. The van der Waals surface area contributed by atoms with Crippen molar-refractivity contribution in [3.8, 4) is 23.3 Å². The van der Waals surface area contributed by atoms with Crippen LogP contribution in [0.15, 0.2) is 12.1 Å². The van der Waals surface area contributed by atoms with Gasteiger partial charge in [0.2, 0.25) is 5.75 Å². The fourth-order valence-corrected chi connectivity index (χ4v) is 2.39. The molecule has 1 atom stereocenters. The van der Waals surface area contributed by atoms with Crippen molar-refractivity contribution in [1.29, 1.82) is 5.26 Å². The standard InChI is InChI=1S/C17H25NO5/c1-6-22-17(23-7-2)13(8-9-18)12-10-14(19-3)16(21-5)15(11-12)20-4/h10-11,13,17H,6-8H2,1-5H3. The van der Waals surface area contributed by atoms with Gasteiger partial charge in [-0.25, -0.2) is 0 Å². The third-order valence-electron chi connectivity index (χ3n) is 3.42. The van der Waals surface area contributed by atoms with Crippen LogP contribution in [-0.2, 0) is 9.47 Å². The van der Waals surface area contributed by atoms with Gasteiger partial charge in [-0.1, -0.05) is 0 Å². The first-order chi connectivity index (χ1) is 11.2. The van der Waals surface area contributed by atoms with Crippen LogP contribution in [0.3, 0.4) is 0 Å². The van der Waals surface area contributed by atoms with Gasteiger partial charge in [0.1, 0.15) is 0 Å². The molecule has 0 aliphatic heterocycles. The molecular weight excluding hydrogens is 298 g/mol. The minimum Gasteiger partial charge on any atom is -0.493 e. The Morgan fingerprint density at radius 3 is 1.83 bits per heavy atom. The van der Waals surface area contributed by atoms with E-state index in [0.29, 0.717) is 30.5 Å². The lowest BCUT2D eigenvalue weighted by Crippen LogP contribution is -2.26. The number of benzene rings is 1. The lowest BCUT2D eigenvalue weighted by atomic mass is 9.94. The summed E-state index contributed by atoms with van der Waals surface area (Å²) < 4.78 is 27.4. The number of hydrogen-bond donors (Lipinski definition) is 0. The molecule has 0 aliphatic carbocycles. The summed E-state index contributed by atoms with van der Waals surface area (Å²) in [5, 5.41) is 9.19. The van der Waals surface area contributed by atoms with Crippen molar-refractivity contribution in [1.82, 2.24) is 0 Å². The van der Waals surface area contributed by atoms with E-state index in [0.717, 1.165) is 5.56 Å². The molecule has 1 aromatic rings. The second-order valence-electron chi connectivity index (χ2n) is 4.71. The Morgan fingerprint density at radius 2 is 1.48 bits per heavy atom. The summed E-state index contributed by atoms with van der Waals surface area (Å²) in [5.41, 5.74) is 0.841. The summed E-state index contributed by atoms with van der Waals surface area (Å²) >= 11 is 0. The monoisotopic (exact) mass is 323 g/mol. The molecule has 1 rings (SSSR count). The second-order valence-corrected chi connectivity index (χ2v) is 4.71. The number of nitriles is 1. The van der Waals surface area contributed by atoms with Crippen molar-refractivity contribution in [2.24, 2.45) is 0 Å². The highest BCUT2D eigenvalue weighted by molar-refractivity contribution is 5.54. The number of rotatable bonds is 10. The number of methoxy groups -OCH3 is 3. The summed E-state index contributed by atoms with van der Waals surface area (Å²) in [6.07, 6.45) is -0.254. The quantitative estimate of drug-likeness (QED) is 0.616. The molecule has 0 aliphatic rings. The molecule has 6 heteroatoms. The molecule has 1 aromatic carbocycles. The van der Waals surface area contributed by atoms with E-state index < -0.39 is 6.29 Å². The van der Waals surface area contributed by atoms with Gasteiger partial charge in [0.25, 0.3) is 0 Å². The van der Waals surface area contributed by atoms with E-state index in [9.17, 15) is 5.26 Å². The topological polar surface area (TPSA) is 69.9 Å². The predicted molar refractivity (Wildman–Crippen MR) is 86.1 cm³/mol. The molecule has 0 radical (unpaired) electrons. The van der Waals surface area contributed by atoms with Gasteiger partial charge in [-0.05, 0) is 31.5 Å². The molecule has 0 heterocycles. The molecule has 23 heavy (non-hydrogen) atoms. The average Bonchev–Trinajstić information content (AvgIpc) is 2.58. The second kappa shape index (κ2) is 9.93. The van der Waals surface area contributed by atoms with Gasteiger partial charge in [-0.15, -0.1) is 0 Å². The number of ether oxygens (including phenoxy) is 5. The normalized spacial score (nSPS) is 11.9. The lowest BCUT2D eigenvalue weighted by molar-refractivity contribution is -0.149. The van der Waals surface area contributed by atoms with Crippen LogP contribution in [-0.4, -0.2) is 40.8 Å². The highest BCUT2D eigenvalue weighted by Crippen LogP contribution is 2.41. The fourth-order valence-electron chi connectivity index (χ4n) is 2.39. The summed E-state index contributed by atoms with van der Waals surface area (Å²) in [7, 11) is 4.67. The van der Waals surface area contributed by atoms with Crippen LogP contribution in [0.1, 0.15) is 31.7 Å². The molecule has 0 aromatic heterocycles. The molecule has 0 amide bonds. The zero-order valence-electron chi connectivity index (χ0n) is 14.4. The van der Waals surface area contributed by atoms with Crippen molar-refractivity contribution in [3.63, 3.8) is 0 Å². The zero-order valence-corrected chi connectivity index (χ0v) is 14.4. The minimum atomic E-state index is -0.507. The first-order valence-electron chi connectivity index (χ1n) is 7.56. The van der Waals surface area contributed by atoms with Gasteiger partial charge in [-0.3, -0.25) is 0 Å². The van der Waals surface area contributed by atoms with Gasteiger partial charge < -0.3 is 23.7 Å². The summed E-state index contributed by atoms with van der Waals surface area (Å²) in [6, 6.07) is 5.85. The minimum absolute atomic E-state index is 0.253. The Hall–Kier alpha value is -1.97. The number of nitrogens with zero attached hydrogens (tertiary/aromatic N) is 1. The SMILES string of the molecule is CCOC(OCC)C(CC#N)c1cc(OC)c(OC)c(OC)c1. The maximum Gasteiger partial charge on any atom is 0.203 e. The van der Waals surface area contributed by atoms with E-state index in [-0.39, 0.29) is 12.3 Å². The molecule has 0 saturated carbocycles. The molecule has 0 fully saturated rings. The van der Waals surface area contributed by atoms with E-state index in [1.807, 2.05) is 26.0 Å². The Bertz CT molecular complexity index is 495. The summed E-state index contributed by atoms with van der Waals surface area (Å²) in [6.45, 7) is 4.78. The van der Waals surface area contributed by atoms with Crippen molar-refractivity contribution in [2.45, 2.75) is 32.5 Å². The van der Waals surface area contributed by atoms with Crippen LogP contribution in [0.2, 0.25) is 0 Å². The van der Waals surface area contributed by atoms with E-state index in [2.05, 4.69) is 6.07 Å². The number of hydrogen-bond acceptors (Lipinski definition) is 6. The Labute approximate surface area is 137 Å².